The van der Waals surface area contributed by atoms with Crippen LogP contribution in [0.25, 0.3) is 0 Å². The number of nitrogens with zero attached hydrogens (tertiary/aromatic N) is 2. The van der Waals surface area contributed by atoms with Crippen LogP contribution < -0.4 is 0 Å². The predicted octanol–water partition coefficient (Wildman–Crippen LogP) is 3.20. The second kappa shape index (κ2) is 4.55. The van der Waals surface area contributed by atoms with E-state index in [1.165, 1.54) is 19.3 Å². The molecule has 1 aromatic heterocycles. The van der Waals surface area contributed by atoms with Crippen molar-refractivity contribution in [2.45, 2.75) is 58.5 Å². The molecule has 1 aromatic rings. The molecule has 0 N–H and O–H groups in total. The number of ether oxygens (including phenoxy) is 1. The molecule has 21 heavy (non-hydrogen) atoms. The first-order valence-electron chi connectivity index (χ1n) is 8.05. The van der Waals surface area contributed by atoms with Crippen molar-refractivity contribution in [3.05, 3.63) is 11.7 Å². The van der Waals surface area contributed by atoms with Gasteiger partial charge in [0.15, 0.2) is 11.9 Å². The molecule has 0 aliphatic heterocycles. The van der Waals surface area contributed by atoms with Gasteiger partial charge in [0.25, 0.3) is 5.89 Å². The summed E-state index contributed by atoms with van der Waals surface area (Å²) in [6.45, 7) is 3.58. The molecule has 4 fully saturated rings. The molecule has 0 amide bonds. The summed E-state index contributed by atoms with van der Waals surface area (Å²) in [7, 11) is 0. The van der Waals surface area contributed by atoms with Crippen molar-refractivity contribution >= 4 is 5.97 Å². The summed E-state index contributed by atoms with van der Waals surface area (Å²) in [6.07, 6.45) is 6.58. The van der Waals surface area contributed by atoms with Gasteiger partial charge in [-0.3, -0.25) is 4.79 Å². The average molecular weight is 290 g/mol. The molecule has 0 unspecified atom stereocenters. The van der Waals surface area contributed by atoms with E-state index >= 15 is 0 Å². The Morgan fingerprint density at radius 1 is 1.24 bits per heavy atom. The Kier molecular flexibility index (Phi) is 2.88. The van der Waals surface area contributed by atoms with E-state index in [9.17, 15) is 4.79 Å². The van der Waals surface area contributed by atoms with Gasteiger partial charge >= 0.3 is 5.97 Å². The van der Waals surface area contributed by atoms with Gasteiger partial charge in [-0.2, -0.15) is 4.98 Å². The van der Waals surface area contributed by atoms with E-state index in [4.69, 9.17) is 9.26 Å². The Morgan fingerprint density at radius 3 is 2.29 bits per heavy atom. The third-order valence-corrected chi connectivity index (χ3v) is 5.65. The van der Waals surface area contributed by atoms with Crippen LogP contribution in [0.4, 0.5) is 0 Å². The van der Waals surface area contributed by atoms with Crippen molar-refractivity contribution < 1.29 is 14.1 Å². The standard InChI is InChI=1S/C16H22N2O3/c1-9(14-17-10(2)18-21-14)20-15(19)16-6-11-3-12(7-16)5-13(4-11)8-16/h9,11-13H,3-8H2,1-2H3/t9-,11?,12?,13?,16?/m1/s1. The van der Waals surface area contributed by atoms with Crippen LogP contribution in [-0.2, 0) is 9.53 Å². The third kappa shape index (κ3) is 2.17. The number of hydrogen-bond donors (Lipinski definition) is 0. The van der Waals surface area contributed by atoms with Gasteiger partial charge in [-0.05, 0) is 70.1 Å². The van der Waals surface area contributed by atoms with Gasteiger partial charge in [0.1, 0.15) is 0 Å². The van der Waals surface area contributed by atoms with E-state index in [1.807, 2.05) is 6.92 Å². The Balaban J connectivity index is 1.50. The molecule has 5 heteroatoms. The molecule has 0 spiro atoms. The summed E-state index contributed by atoms with van der Waals surface area (Å²) in [6, 6.07) is 0. The zero-order chi connectivity index (χ0) is 14.6. The highest BCUT2D eigenvalue weighted by Gasteiger charge is 2.55. The summed E-state index contributed by atoms with van der Waals surface area (Å²) >= 11 is 0. The molecule has 4 bridgehead atoms. The summed E-state index contributed by atoms with van der Waals surface area (Å²) in [4.78, 5) is 16.9. The molecule has 4 aliphatic rings. The van der Waals surface area contributed by atoms with E-state index in [1.54, 1.807) is 6.92 Å². The zero-order valence-electron chi connectivity index (χ0n) is 12.7. The molecule has 5 nitrogen and oxygen atoms in total. The highest BCUT2D eigenvalue weighted by Crippen LogP contribution is 2.60. The van der Waals surface area contributed by atoms with Gasteiger partial charge in [-0.1, -0.05) is 5.16 Å². The Hall–Kier alpha value is -1.39. The van der Waals surface area contributed by atoms with Crippen LogP contribution in [0.15, 0.2) is 4.52 Å². The van der Waals surface area contributed by atoms with Crippen LogP contribution in [0.5, 0.6) is 0 Å². The van der Waals surface area contributed by atoms with Gasteiger partial charge in [-0.15, -0.1) is 0 Å². The van der Waals surface area contributed by atoms with E-state index in [0.29, 0.717) is 11.7 Å². The molecule has 0 radical (unpaired) electrons. The average Bonchev–Trinajstić information content (AvgIpc) is 2.84. The number of aromatic nitrogens is 2. The SMILES string of the molecule is Cc1noc([C@@H](C)OC(=O)C23CC4CC(CC(C4)C2)C3)n1. The highest BCUT2D eigenvalue weighted by atomic mass is 16.6. The van der Waals surface area contributed by atoms with Crippen molar-refractivity contribution in [1.82, 2.24) is 10.1 Å². The van der Waals surface area contributed by atoms with Crippen LogP contribution >= 0.6 is 0 Å². The maximum Gasteiger partial charge on any atom is 0.312 e. The second-order valence-corrected chi connectivity index (χ2v) is 7.43. The summed E-state index contributed by atoms with van der Waals surface area (Å²) in [5.41, 5.74) is -0.224. The fourth-order valence-electron chi connectivity index (χ4n) is 5.17. The lowest BCUT2D eigenvalue weighted by Gasteiger charge is -2.55. The predicted molar refractivity (Wildman–Crippen MR) is 74.1 cm³/mol. The molecule has 0 aromatic carbocycles. The van der Waals surface area contributed by atoms with Gasteiger partial charge < -0.3 is 9.26 Å². The monoisotopic (exact) mass is 290 g/mol. The lowest BCUT2D eigenvalue weighted by molar-refractivity contribution is -0.177. The number of carbonyl (C=O) groups excluding carboxylic acids is 1. The molecule has 0 saturated heterocycles. The molecule has 4 saturated carbocycles. The summed E-state index contributed by atoms with van der Waals surface area (Å²) in [5.74, 6) is 3.15. The van der Waals surface area contributed by atoms with E-state index in [2.05, 4.69) is 10.1 Å². The first-order chi connectivity index (χ1) is 10.0. The summed E-state index contributed by atoms with van der Waals surface area (Å²) < 4.78 is 10.8. The third-order valence-electron chi connectivity index (χ3n) is 5.65. The van der Waals surface area contributed by atoms with E-state index in [-0.39, 0.29) is 11.4 Å². The number of hydrogen-bond acceptors (Lipinski definition) is 5. The fraction of sp³-hybridized carbons (Fsp3) is 0.812. The first kappa shape index (κ1) is 13.3. The quantitative estimate of drug-likeness (QED) is 0.800. The lowest BCUT2D eigenvalue weighted by Crippen LogP contribution is -2.50. The maximum absolute atomic E-state index is 12.8. The van der Waals surface area contributed by atoms with Crippen LogP contribution in [0.1, 0.15) is 63.3 Å². The Labute approximate surface area is 124 Å². The number of rotatable bonds is 3. The fourth-order valence-corrected chi connectivity index (χ4v) is 5.17. The molecule has 114 valence electrons. The van der Waals surface area contributed by atoms with Crippen molar-refractivity contribution in [1.29, 1.82) is 0 Å². The van der Waals surface area contributed by atoms with E-state index in [0.717, 1.165) is 37.0 Å². The summed E-state index contributed by atoms with van der Waals surface area (Å²) in [5, 5.41) is 3.76. The van der Waals surface area contributed by atoms with Crippen molar-refractivity contribution in [3.63, 3.8) is 0 Å². The van der Waals surface area contributed by atoms with Gasteiger partial charge in [-0.25, -0.2) is 0 Å². The minimum Gasteiger partial charge on any atom is -0.452 e. The maximum atomic E-state index is 12.8. The van der Waals surface area contributed by atoms with Gasteiger partial charge in [0, 0.05) is 0 Å². The zero-order valence-corrected chi connectivity index (χ0v) is 12.7. The van der Waals surface area contributed by atoms with Crippen molar-refractivity contribution in [2.75, 3.05) is 0 Å². The minimum absolute atomic E-state index is 0.0371. The molecule has 1 atom stereocenters. The van der Waals surface area contributed by atoms with Crippen LogP contribution in [-0.4, -0.2) is 16.1 Å². The van der Waals surface area contributed by atoms with Crippen molar-refractivity contribution in [2.24, 2.45) is 23.2 Å². The highest BCUT2D eigenvalue weighted by molar-refractivity contribution is 5.77. The Morgan fingerprint density at radius 2 is 1.81 bits per heavy atom. The number of aryl methyl sites for hydroxylation is 1. The van der Waals surface area contributed by atoms with Crippen LogP contribution in [0.3, 0.4) is 0 Å². The number of carbonyl (C=O) groups is 1. The Bertz CT molecular complexity index is 530. The van der Waals surface area contributed by atoms with Crippen molar-refractivity contribution in [3.8, 4) is 0 Å². The van der Waals surface area contributed by atoms with Crippen LogP contribution in [0.2, 0.25) is 0 Å². The molecule has 5 rings (SSSR count). The second-order valence-electron chi connectivity index (χ2n) is 7.43. The molecular formula is C16H22N2O3. The topological polar surface area (TPSA) is 65.2 Å². The largest absolute Gasteiger partial charge is 0.452 e. The molecule has 4 aliphatic carbocycles. The first-order valence-corrected chi connectivity index (χ1v) is 8.05. The number of esters is 1. The van der Waals surface area contributed by atoms with E-state index < -0.39 is 6.10 Å². The normalized spacial score (nSPS) is 38.5. The molecular weight excluding hydrogens is 268 g/mol. The van der Waals surface area contributed by atoms with Crippen LogP contribution in [0, 0.1) is 30.1 Å². The minimum atomic E-state index is -0.452. The lowest BCUT2D eigenvalue weighted by atomic mass is 9.49. The smallest absolute Gasteiger partial charge is 0.312 e. The molecule has 1 heterocycles. The van der Waals surface area contributed by atoms with Gasteiger partial charge in [0.2, 0.25) is 0 Å². The van der Waals surface area contributed by atoms with Gasteiger partial charge in [0.05, 0.1) is 5.41 Å².